The van der Waals surface area contributed by atoms with E-state index in [1.165, 1.54) is 0 Å². The maximum Gasteiger partial charge on any atom is 0.308 e. The van der Waals surface area contributed by atoms with Crippen molar-refractivity contribution in [2.24, 2.45) is 0 Å². The van der Waals surface area contributed by atoms with Gasteiger partial charge in [0.1, 0.15) is 0 Å². The molecule has 2 N–H and O–H groups in total. The molecule has 0 saturated carbocycles. The Hall–Kier alpha value is -1.14. The van der Waals surface area contributed by atoms with E-state index in [-0.39, 0.29) is 38.0 Å². The first-order chi connectivity index (χ1) is 7.62. The second-order valence-corrected chi connectivity index (χ2v) is 2.56. The first kappa shape index (κ1) is 17.3. The highest BCUT2D eigenvalue weighted by atomic mass is 16.5. The maximum absolute atomic E-state index is 10.3. The van der Waals surface area contributed by atoms with Gasteiger partial charge in [-0.1, -0.05) is 0 Å². The van der Waals surface area contributed by atoms with Crippen LogP contribution in [0, 0.1) is 0 Å². The summed E-state index contributed by atoms with van der Waals surface area (Å²) in [5.41, 5.74) is 0. The first-order valence-corrected chi connectivity index (χ1v) is 5.15. The Bertz CT molecular complexity index is 144. The van der Waals surface area contributed by atoms with Crippen LogP contribution in [0.4, 0.5) is 0 Å². The van der Waals surface area contributed by atoms with Crippen LogP contribution in [0.3, 0.4) is 0 Å². The topological polar surface area (TPSA) is 93.1 Å². The van der Waals surface area contributed by atoms with Crippen molar-refractivity contribution < 1.29 is 29.3 Å². The van der Waals surface area contributed by atoms with Crippen LogP contribution in [-0.2, 0) is 19.1 Å². The van der Waals surface area contributed by atoms with Gasteiger partial charge in [-0.25, -0.2) is 0 Å². The molecule has 0 radical (unpaired) electrons. The summed E-state index contributed by atoms with van der Waals surface area (Å²) in [5.74, 6) is -0.676. The van der Waals surface area contributed by atoms with Gasteiger partial charge in [-0.15, -0.1) is 0 Å². The average Bonchev–Trinajstić information content (AvgIpc) is 2.20. The number of hydrogen-bond donors (Lipinski definition) is 2. The number of carbonyl (C=O) groups is 2. The van der Waals surface area contributed by atoms with Crippen LogP contribution in [0.2, 0.25) is 0 Å². The minimum atomic E-state index is -0.338. The van der Waals surface area contributed by atoms with Gasteiger partial charge in [0.25, 0.3) is 0 Å². The van der Waals surface area contributed by atoms with Crippen LogP contribution in [0.5, 0.6) is 0 Å². The lowest BCUT2D eigenvalue weighted by atomic mass is 10.5. The smallest absolute Gasteiger partial charge is 0.308 e. The molecule has 0 aromatic heterocycles. The zero-order valence-electron chi connectivity index (χ0n) is 9.77. The molecule has 0 fully saturated rings. The molecule has 0 aromatic carbocycles. The quantitative estimate of drug-likeness (QED) is 0.624. The highest BCUT2D eigenvalue weighted by Gasteiger charge is 1.96. The van der Waals surface area contributed by atoms with Crippen molar-refractivity contribution in [3.8, 4) is 0 Å². The molecular weight excluding hydrogens is 216 g/mol. The van der Waals surface area contributed by atoms with Gasteiger partial charge in [0.15, 0.2) is 0 Å². The zero-order valence-corrected chi connectivity index (χ0v) is 9.77. The van der Waals surface area contributed by atoms with E-state index < -0.39 is 0 Å². The summed E-state index contributed by atoms with van der Waals surface area (Å²) in [6.07, 6.45) is 0.210. The Morgan fingerprint density at radius 3 is 1.38 bits per heavy atom. The van der Waals surface area contributed by atoms with Gasteiger partial charge in [0.05, 0.1) is 39.3 Å². The standard InChI is InChI=1S/2C5H10O3/c2*1-2-8-5(7)3-4-6/h2*6H,2-4H2,1H3. The third kappa shape index (κ3) is 15.3. The van der Waals surface area contributed by atoms with Crippen molar-refractivity contribution in [2.75, 3.05) is 26.4 Å². The van der Waals surface area contributed by atoms with Crippen LogP contribution < -0.4 is 0 Å². The predicted molar refractivity (Wildman–Crippen MR) is 56.7 cm³/mol. The lowest BCUT2D eigenvalue weighted by molar-refractivity contribution is -0.144. The van der Waals surface area contributed by atoms with Gasteiger partial charge >= 0.3 is 11.9 Å². The fourth-order valence-corrected chi connectivity index (χ4v) is 0.649. The van der Waals surface area contributed by atoms with Crippen molar-refractivity contribution in [1.29, 1.82) is 0 Å². The van der Waals surface area contributed by atoms with Crippen molar-refractivity contribution in [3.63, 3.8) is 0 Å². The van der Waals surface area contributed by atoms with Crippen molar-refractivity contribution in [3.05, 3.63) is 0 Å². The van der Waals surface area contributed by atoms with Gasteiger partial charge in [-0.05, 0) is 13.8 Å². The summed E-state index contributed by atoms with van der Waals surface area (Å²) in [5, 5.41) is 16.3. The molecule has 0 aliphatic rings. The van der Waals surface area contributed by atoms with E-state index in [1.54, 1.807) is 13.8 Å². The van der Waals surface area contributed by atoms with Gasteiger partial charge in [0.2, 0.25) is 0 Å². The van der Waals surface area contributed by atoms with E-state index in [1.807, 2.05) is 0 Å². The Labute approximate surface area is 95.2 Å². The Balaban J connectivity index is 0. The normalized spacial score (nSPS) is 8.75. The van der Waals surface area contributed by atoms with Crippen molar-refractivity contribution >= 4 is 11.9 Å². The van der Waals surface area contributed by atoms with Crippen LogP contribution >= 0.6 is 0 Å². The fraction of sp³-hybridized carbons (Fsp3) is 0.800. The maximum atomic E-state index is 10.3. The molecule has 0 aliphatic carbocycles. The molecule has 6 nitrogen and oxygen atoms in total. The number of rotatable bonds is 6. The van der Waals surface area contributed by atoms with E-state index in [0.29, 0.717) is 13.2 Å². The molecule has 0 unspecified atom stereocenters. The third-order valence-electron chi connectivity index (χ3n) is 1.24. The predicted octanol–water partition coefficient (Wildman–Crippen LogP) is -0.136. The number of esters is 2. The Morgan fingerprint density at radius 1 is 0.875 bits per heavy atom. The highest BCUT2D eigenvalue weighted by Crippen LogP contribution is 1.82. The molecule has 0 saturated heterocycles. The molecule has 0 aromatic rings. The summed E-state index contributed by atoms with van der Waals surface area (Å²) in [4.78, 5) is 20.5. The van der Waals surface area contributed by atoms with E-state index in [4.69, 9.17) is 10.2 Å². The summed E-state index contributed by atoms with van der Waals surface area (Å²) in [7, 11) is 0. The molecule has 0 heterocycles. The van der Waals surface area contributed by atoms with Crippen LogP contribution in [-0.4, -0.2) is 48.6 Å². The first-order valence-electron chi connectivity index (χ1n) is 5.15. The minimum absolute atomic E-state index is 0.105. The van der Waals surface area contributed by atoms with Crippen LogP contribution in [0.1, 0.15) is 26.7 Å². The SMILES string of the molecule is CCOC(=O)CCO.CCOC(=O)CCO. The lowest BCUT2D eigenvalue weighted by Gasteiger charge is -1.96. The summed E-state index contributed by atoms with van der Waals surface area (Å²) >= 11 is 0. The molecule has 0 rings (SSSR count). The molecular formula is C10H20O6. The van der Waals surface area contributed by atoms with Crippen molar-refractivity contribution in [2.45, 2.75) is 26.7 Å². The highest BCUT2D eigenvalue weighted by molar-refractivity contribution is 5.69. The molecule has 96 valence electrons. The lowest BCUT2D eigenvalue weighted by Crippen LogP contribution is -2.05. The van der Waals surface area contributed by atoms with Gasteiger partial charge < -0.3 is 19.7 Å². The molecule has 6 heteroatoms. The summed E-state index contributed by atoms with van der Waals surface area (Å²) in [6, 6.07) is 0. The van der Waals surface area contributed by atoms with E-state index in [0.717, 1.165) is 0 Å². The van der Waals surface area contributed by atoms with Crippen LogP contribution in [0.25, 0.3) is 0 Å². The van der Waals surface area contributed by atoms with Gasteiger partial charge in [-0.2, -0.15) is 0 Å². The van der Waals surface area contributed by atoms with E-state index in [2.05, 4.69) is 9.47 Å². The molecule has 0 aliphatic heterocycles. The summed E-state index contributed by atoms with van der Waals surface area (Å²) in [6.45, 7) is 3.99. The zero-order chi connectivity index (χ0) is 12.8. The second-order valence-electron chi connectivity index (χ2n) is 2.56. The summed E-state index contributed by atoms with van der Waals surface area (Å²) < 4.78 is 8.97. The molecule has 0 bridgehead atoms. The van der Waals surface area contributed by atoms with Crippen LogP contribution in [0.15, 0.2) is 0 Å². The van der Waals surface area contributed by atoms with Gasteiger partial charge in [-0.3, -0.25) is 9.59 Å². The number of carbonyl (C=O) groups excluding carboxylic acids is 2. The Kier molecular flexibility index (Phi) is 15.0. The number of aliphatic hydroxyl groups excluding tert-OH is 2. The molecule has 0 atom stereocenters. The molecule has 0 spiro atoms. The average molecular weight is 236 g/mol. The monoisotopic (exact) mass is 236 g/mol. The Morgan fingerprint density at radius 2 is 1.19 bits per heavy atom. The van der Waals surface area contributed by atoms with E-state index >= 15 is 0 Å². The van der Waals surface area contributed by atoms with Crippen molar-refractivity contribution in [1.82, 2.24) is 0 Å². The fourth-order valence-electron chi connectivity index (χ4n) is 0.649. The minimum Gasteiger partial charge on any atom is -0.466 e. The number of ether oxygens (including phenoxy) is 2. The number of hydrogen-bond acceptors (Lipinski definition) is 6. The number of aliphatic hydroxyl groups is 2. The third-order valence-corrected chi connectivity index (χ3v) is 1.24. The van der Waals surface area contributed by atoms with Gasteiger partial charge in [0, 0.05) is 0 Å². The largest absolute Gasteiger partial charge is 0.466 e. The second kappa shape index (κ2) is 13.9. The van der Waals surface area contributed by atoms with E-state index in [9.17, 15) is 9.59 Å². The molecule has 0 amide bonds. The molecule has 16 heavy (non-hydrogen) atoms.